The Balaban J connectivity index is 1.21. The maximum Gasteiger partial charge on any atom is 0.145 e. The summed E-state index contributed by atoms with van der Waals surface area (Å²) < 4.78 is 17.6. The molecule has 6 nitrogen and oxygen atoms in total. The quantitative estimate of drug-likeness (QED) is 0.182. The fourth-order valence-corrected chi connectivity index (χ4v) is 9.14. The minimum Gasteiger partial charge on any atom is -0.455 e. The lowest BCUT2D eigenvalue weighted by molar-refractivity contribution is 0.672. The van der Waals surface area contributed by atoms with Gasteiger partial charge in [0.25, 0.3) is 0 Å². The molecule has 0 aliphatic heterocycles. The minimum absolute atomic E-state index is 0.509. The van der Waals surface area contributed by atoms with E-state index in [-0.39, 0.29) is 0 Å². The molecule has 6 heteroatoms. The van der Waals surface area contributed by atoms with Crippen molar-refractivity contribution in [2.75, 3.05) is 0 Å². The molecular weight excluding hydrogens is 689 g/mol. The summed E-state index contributed by atoms with van der Waals surface area (Å²) in [5, 5.41) is 29.9. The zero-order valence-electron chi connectivity index (χ0n) is 29.6. The number of aromatic nitrogens is 2. The van der Waals surface area contributed by atoms with E-state index in [2.05, 4.69) is 94.1 Å². The maximum atomic E-state index is 10.8. The largest absolute Gasteiger partial charge is 0.455 e. The van der Waals surface area contributed by atoms with Gasteiger partial charge in [-0.3, -0.25) is 0 Å². The summed E-state index contributed by atoms with van der Waals surface area (Å²) in [4.78, 5) is 0. The summed E-state index contributed by atoms with van der Waals surface area (Å²) in [5.74, 6) is 0. The second-order valence-corrected chi connectivity index (χ2v) is 14.2. The van der Waals surface area contributed by atoms with Crippen molar-refractivity contribution in [3.63, 3.8) is 0 Å². The van der Waals surface area contributed by atoms with Gasteiger partial charge in [0.1, 0.15) is 34.5 Å². The second kappa shape index (κ2) is 11.2. The molecule has 0 amide bonds. The van der Waals surface area contributed by atoms with Crippen molar-refractivity contribution in [1.29, 1.82) is 10.5 Å². The summed E-state index contributed by atoms with van der Waals surface area (Å²) in [6.07, 6.45) is 0. The van der Waals surface area contributed by atoms with Crippen LogP contribution in [0.25, 0.3) is 110 Å². The van der Waals surface area contributed by atoms with Crippen LogP contribution in [0.3, 0.4) is 0 Å². The molecule has 0 fully saturated rings. The predicted octanol–water partition coefficient (Wildman–Crippen LogP) is 13.1. The standard InChI is InChI=1S/C50H26N4O2/c51-27-29-11-9-17-33(47(29)53-39-19-5-1-15-37(39)45-41(53)25-23-35-31-13-3-7-21-43(31)55-49(35)45)34-18-10-12-30(28-52)48(34)54-40-20-6-2-16-38(40)46-42(54)26-24-36-32-14-4-8-22-44(32)56-50(36)46/h1-26H. The molecule has 0 saturated heterocycles. The van der Waals surface area contributed by atoms with E-state index in [4.69, 9.17) is 8.83 Å². The Morgan fingerprint density at radius 2 is 0.768 bits per heavy atom. The third-order valence-electron chi connectivity index (χ3n) is 11.4. The lowest BCUT2D eigenvalue weighted by Crippen LogP contribution is -2.05. The Morgan fingerprint density at radius 1 is 0.357 bits per heavy atom. The predicted molar refractivity (Wildman–Crippen MR) is 225 cm³/mol. The van der Waals surface area contributed by atoms with Crippen LogP contribution in [-0.4, -0.2) is 9.13 Å². The molecule has 12 aromatic rings. The van der Waals surface area contributed by atoms with Crippen molar-refractivity contribution in [2.24, 2.45) is 0 Å². The van der Waals surface area contributed by atoms with Crippen LogP contribution in [0.5, 0.6) is 0 Å². The van der Waals surface area contributed by atoms with Gasteiger partial charge in [0, 0.05) is 43.4 Å². The Kier molecular flexibility index (Phi) is 6.10. The highest BCUT2D eigenvalue weighted by molar-refractivity contribution is 6.25. The summed E-state index contributed by atoms with van der Waals surface area (Å²) >= 11 is 0. The number of benzene rings is 8. The van der Waals surface area contributed by atoms with E-state index in [0.29, 0.717) is 11.1 Å². The van der Waals surface area contributed by atoms with Crippen LogP contribution >= 0.6 is 0 Å². The SMILES string of the molecule is N#Cc1cccc(-c2cccc(C#N)c2-n2c3ccccc3c3c4oc5ccccc5c4ccc32)c1-n1c2ccccc2c2c3oc4ccccc4c3ccc21. The fourth-order valence-electron chi connectivity index (χ4n) is 9.14. The van der Waals surface area contributed by atoms with Crippen LogP contribution < -0.4 is 0 Å². The zero-order chi connectivity index (χ0) is 37.1. The molecule has 0 unspecified atom stereocenters. The van der Waals surface area contributed by atoms with Gasteiger partial charge >= 0.3 is 0 Å². The normalized spacial score (nSPS) is 11.9. The number of furan rings is 2. The Hall–Kier alpha value is -8.06. The summed E-state index contributed by atoms with van der Waals surface area (Å²) in [5.41, 5.74) is 11.1. The Labute approximate surface area is 318 Å². The van der Waals surface area contributed by atoms with Crippen LogP contribution in [-0.2, 0) is 0 Å². The van der Waals surface area contributed by atoms with Crippen LogP contribution in [0.15, 0.2) is 167 Å². The van der Waals surface area contributed by atoms with Crippen LogP contribution in [0.2, 0.25) is 0 Å². The fraction of sp³-hybridized carbons (Fsp3) is 0. The second-order valence-electron chi connectivity index (χ2n) is 14.2. The monoisotopic (exact) mass is 714 g/mol. The molecule has 0 saturated carbocycles. The third-order valence-corrected chi connectivity index (χ3v) is 11.4. The molecule has 0 bridgehead atoms. The van der Waals surface area contributed by atoms with Crippen LogP contribution in [0, 0.1) is 22.7 Å². The number of fused-ring (bicyclic) bond motifs is 14. The van der Waals surface area contributed by atoms with E-state index in [1.807, 2.05) is 84.9 Å². The van der Waals surface area contributed by atoms with Crippen molar-refractivity contribution < 1.29 is 8.83 Å². The average molecular weight is 715 g/mol. The highest BCUT2D eigenvalue weighted by Crippen LogP contribution is 2.46. The van der Waals surface area contributed by atoms with E-state index >= 15 is 0 Å². The first kappa shape index (κ1) is 30.4. The lowest BCUT2D eigenvalue weighted by atomic mass is 9.95. The first-order valence-electron chi connectivity index (χ1n) is 18.5. The number of hydrogen-bond acceptors (Lipinski definition) is 4. The minimum atomic E-state index is 0.509. The van der Waals surface area contributed by atoms with Crippen LogP contribution in [0.1, 0.15) is 11.1 Å². The van der Waals surface area contributed by atoms with Gasteiger partial charge in [-0.15, -0.1) is 0 Å². The van der Waals surface area contributed by atoms with Crippen molar-refractivity contribution in [3.8, 4) is 34.6 Å². The highest BCUT2D eigenvalue weighted by Gasteiger charge is 2.26. The third kappa shape index (κ3) is 3.92. The van der Waals surface area contributed by atoms with E-state index in [1.54, 1.807) is 0 Å². The van der Waals surface area contributed by atoms with Gasteiger partial charge < -0.3 is 18.0 Å². The molecule has 0 N–H and O–H groups in total. The molecule has 4 aromatic heterocycles. The molecular formula is C50H26N4O2. The van der Waals surface area contributed by atoms with Gasteiger partial charge in [0.05, 0.1) is 55.3 Å². The van der Waals surface area contributed by atoms with Gasteiger partial charge in [-0.05, 0) is 60.7 Å². The molecule has 0 aliphatic rings. The number of nitrogens with zero attached hydrogens (tertiary/aromatic N) is 4. The van der Waals surface area contributed by atoms with Gasteiger partial charge in [-0.25, -0.2) is 0 Å². The van der Waals surface area contributed by atoms with Crippen molar-refractivity contribution in [1.82, 2.24) is 9.13 Å². The number of para-hydroxylation sites is 6. The molecule has 4 heterocycles. The number of hydrogen-bond donors (Lipinski definition) is 0. The van der Waals surface area contributed by atoms with E-state index in [9.17, 15) is 10.5 Å². The van der Waals surface area contributed by atoms with Gasteiger partial charge in [-0.1, -0.05) is 97.1 Å². The topological polar surface area (TPSA) is 83.7 Å². The molecule has 258 valence electrons. The number of rotatable bonds is 3. The first-order chi connectivity index (χ1) is 27.7. The summed E-state index contributed by atoms with van der Waals surface area (Å²) in [6, 6.07) is 58.1. The van der Waals surface area contributed by atoms with Gasteiger partial charge in [-0.2, -0.15) is 10.5 Å². The molecule has 0 radical (unpaired) electrons. The summed E-state index contributed by atoms with van der Waals surface area (Å²) in [7, 11) is 0. The molecule has 12 rings (SSSR count). The summed E-state index contributed by atoms with van der Waals surface area (Å²) in [6.45, 7) is 0. The average Bonchev–Trinajstić information content (AvgIpc) is 4.00. The molecule has 0 spiro atoms. The molecule has 8 aromatic carbocycles. The van der Waals surface area contributed by atoms with E-state index < -0.39 is 0 Å². The first-order valence-corrected chi connectivity index (χ1v) is 18.5. The maximum absolute atomic E-state index is 10.8. The van der Waals surface area contributed by atoms with Crippen LogP contribution in [0.4, 0.5) is 0 Å². The van der Waals surface area contributed by atoms with E-state index in [1.165, 1.54) is 0 Å². The number of nitriles is 2. The lowest BCUT2D eigenvalue weighted by Gasteiger charge is -2.20. The van der Waals surface area contributed by atoms with Crippen molar-refractivity contribution >= 4 is 87.5 Å². The van der Waals surface area contributed by atoms with E-state index in [0.717, 1.165) is 110 Å². The smallest absolute Gasteiger partial charge is 0.145 e. The van der Waals surface area contributed by atoms with Crippen molar-refractivity contribution in [3.05, 3.63) is 169 Å². The molecule has 0 aliphatic carbocycles. The molecule has 56 heavy (non-hydrogen) atoms. The van der Waals surface area contributed by atoms with Gasteiger partial charge in [0.2, 0.25) is 0 Å². The Bertz CT molecular complexity index is 3500. The molecule has 0 atom stereocenters. The highest BCUT2D eigenvalue weighted by atomic mass is 16.3. The zero-order valence-corrected chi connectivity index (χ0v) is 29.6. The Morgan fingerprint density at radius 3 is 1.21 bits per heavy atom. The van der Waals surface area contributed by atoms with Gasteiger partial charge in [0.15, 0.2) is 0 Å². The van der Waals surface area contributed by atoms with Crippen molar-refractivity contribution in [2.45, 2.75) is 0 Å².